The lowest BCUT2D eigenvalue weighted by atomic mass is 10.1. The maximum atomic E-state index is 11.8. The molecule has 0 aliphatic rings. The smallest absolute Gasteiger partial charge is 0.277 e. The molecule has 1 N–H and O–H groups in total. The number of hydrogen-bond acceptors (Lipinski definition) is 4. The van der Waals surface area contributed by atoms with Gasteiger partial charge in [-0.25, -0.2) is 5.43 Å². The average molecular weight is 326 g/mol. The molecule has 0 saturated heterocycles. The van der Waals surface area contributed by atoms with Crippen LogP contribution in [0.5, 0.6) is 11.5 Å². The van der Waals surface area contributed by atoms with Crippen molar-refractivity contribution in [3.63, 3.8) is 0 Å². The number of amides is 1. The van der Waals surface area contributed by atoms with Crippen LogP contribution in [0, 0.1) is 13.8 Å². The number of ether oxygens (including phenoxy) is 2. The predicted octanol–water partition coefficient (Wildman–Crippen LogP) is 3.23. The number of benzene rings is 2. The van der Waals surface area contributed by atoms with E-state index in [1.165, 1.54) is 0 Å². The summed E-state index contributed by atoms with van der Waals surface area (Å²) in [6.45, 7) is 6.45. The van der Waals surface area contributed by atoms with Crippen molar-refractivity contribution in [1.29, 1.82) is 0 Å². The molecule has 5 heteroatoms. The highest BCUT2D eigenvalue weighted by atomic mass is 16.5. The van der Waals surface area contributed by atoms with E-state index in [2.05, 4.69) is 10.5 Å². The van der Waals surface area contributed by atoms with Gasteiger partial charge in [-0.05, 0) is 67.8 Å². The third kappa shape index (κ3) is 5.12. The van der Waals surface area contributed by atoms with Gasteiger partial charge in [-0.15, -0.1) is 0 Å². The molecule has 2 rings (SSSR count). The summed E-state index contributed by atoms with van der Waals surface area (Å²) in [7, 11) is 0. The van der Waals surface area contributed by atoms with Crippen LogP contribution in [0.3, 0.4) is 0 Å². The average Bonchev–Trinajstić information content (AvgIpc) is 2.58. The van der Waals surface area contributed by atoms with Gasteiger partial charge >= 0.3 is 0 Å². The molecule has 0 atom stereocenters. The Bertz CT molecular complexity index is 709. The molecule has 0 saturated carbocycles. The van der Waals surface area contributed by atoms with Crippen LogP contribution < -0.4 is 14.9 Å². The number of hydrazone groups is 1. The second-order valence-corrected chi connectivity index (χ2v) is 5.28. The number of rotatable bonds is 7. The van der Waals surface area contributed by atoms with Crippen LogP contribution in [0.25, 0.3) is 0 Å². The number of hydrogen-bond donors (Lipinski definition) is 1. The summed E-state index contributed by atoms with van der Waals surface area (Å²) < 4.78 is 10.9. The van der Waals surface area contributed by atoms with Crippen LogP contribution in [0.2, 0.25) is 0 Å². The van der Waals surface area contributed by atoms with Gasteiger partial charge < -0.3 is 9.47 Å². The van der Waals surface area contributed by atoms with Crippen LogP contribution in [0.15, 0.2) is 47.6 Å². The molecular formula is C19H22N2O3. The van der Waals surface area contributed by atoms with Crippen molar-refractivity contribution in [2.45, 2.75) is 20.8 Å². The molecule has 2 aromatic rings. The normalized spacial score (nSPS) is 10.6. The molecule has 0 spiro atoms. The van der Waals surface area contributed by atoms with Gasteiger partial charge in [0.05, 0.1) is 12.8 Å². The Morgan fingerprint density at radius 2 is 1.88 bits per heavy atom. The number of nitrogens with zero attached hydrogens (tertiary/aromatic N) is 1. The third-order valence-corrected chi connectivity index (χ3v) is 3.51. The molecule has 0 fully saturated rings. The SMILES string of the molecule is CCOc1ccc(/C=N/NC(=O)COc2cccc(C)c2C)cc1. The van der Waals surface area contributed by atoms with E-state index >= 15 is 0 Å². The Labute approximate surface area is 142 Å². The fourth-order valence-corrected chi connectivity index (χ4v) is 2.05. The first-order valence-corrected chi connectivity index (χ1v) is 7.84. The third-order valence-electron chi connectivity index (χ3n) is 3.51. The number of carbonyl (C=O) groups excluding carboxylic acids is 1. The zero-order valence-corrected chi connectivity index (χ0v) is 14.2. The van der Waals surface area contributed by atoms with E-state index in [4.69, 9.17) is 9.47 Å². The molecule has 5 nitrogen and oxygen atoms in total. The van der Waals surface area contributed by atoms with E-state index < -0.39 is 0 Å². The molecule has 24 heavy (non-hydrogen) atoms. The summed E-state index contributed by atoms with van der Waals surface area (Å²) in [6.07, 6.45) is 1.57. The van der Waals surface area contributed by atoms with E-state index in [9.17, 15) is 4.79 Å². The summed E-state index contributed by atoms with van der Waals surface area (Å²) >= 11 is 0. The van der Waals surface area contributed by atoms with Crippen molar-refractivity contribution >= 4 is 12.1 Å². The first kappa shape index (κ1) is 17.5. The standard InChI is InChI=1S/C19H22N2O3/c1-4-23-17-10-8-16(9-11-17)12-20-21-19(22)13-24-18-7-5-6-14(2)15(18)3/h5-12H,4,13H2,1-3H3,(H,21,22)/b20-12+. The van der Waals surface area contributed by atoms with Gasteiger partial charge in [-0.1, -0.05) is 12.1 Å². The number of nitrogens with one attached hydrogen (secondary N) is 1. The molecule has 0 aliphatic carbocycles. The Morgan fingerprint density at radius 3 is 2.58 bits per heavy atom. The van der Waals surface area contributed by atoms with Gasteiger partial charge in [-0.2, -0.15) is 5.10 Å². The van der Waals surface area contributed by atoms with Crippen molar-refractivity contribution in [1.82, 2.24) is 5.43 Å². The maximum Gasteiger partial charge on any atom is 0.277 e. The van der Waals surface area contributed by atoms with Crippen LogP contribution in [0.1, 0.15) is 23.6 Å². The summed E-state index contributed by atoms with van der Waals surface area (Å²) in [5.41, 5.74) is 5.48. The van der Waals surface area contributed by atoms with Gasteiger partial charge in [0.15, 0.2) is 6.61 Å². The first-order chi connectivity index (χ1) is 11.6. The number of aryl methyl sites for hydroxylation is 1. The molecule has 0 radical (unpaired) electrons. The Balaban J connectivity index is 1.81. The molecule has 1 amide bonds. The monoisotopic (exact) mass is 326 g/mol. The van der Waals surface area contributed by atoms with Crippen molar-refractivity contribution in [2.24, 2.45) is 5.10 Å². The Hall–Kier alpha value is -2.82. The van der Waals surface area contributed by atoms with Crippen LogP contribution >= 0.6 is 0 Å². The van der Waals surface area contributed by atoms with Gasteiger partial charge in [0.25, 0.3) is 5.91 Å². The van der Waals surface area contributed by atoms with Gasteiger partial charge in [0.1, 0.15) is 11.5 Å². The molecular weight excluding hydrogens is 304 g/mol. The molecule has 0 unspecified atom stereocenters. The van der Waals surface area contributed by atoms with E-state index in [0.717, 1.165) is 22.4 Å². The van der Waals surface area contributed by atoms with Gasteiger partial charge in [0.2, 0.25) is 0 Å². The zero-order chi connectivity index (χ0) is 17.4. The minimum Gasteiger partial charge on any atom is -0.494 e. The van der Waals surface area contributed by atoms with Crippen LogP contribution in [0.4, 0.5) is 0 Å². The zero-order valence-electron chi connectivity index (χ0n) is 14.2. The van der Waals surface area contributed by atoms with Crippen molar-refractivity contribution in [2.75, 3.05) is 13.2 Å². The van der Waals surface area contributed by atoms with Crippen LogP contribution in [-0.4, -0.2) is 25.3 Å². The molecule has 0 heterocycles. The van der Waals surface area contributed by atoms with Gasteiger partial charge in [0, 0.05) is 0 Å². The lowest BCUT2D eigenvalue weighted by molar-refractivity contribution is -0.123. The van der Waals surface area contributed by atoms with E-state index in [-0.39, 0.29) is 12.5 Å². The van der Waals surface area contributed by atoms with Crippen molar-refractivity contribution < 1.29 is 14.3 Å². The fraction of sp³-hybridized carbons (Fsp3) is 0.263. The summed E-state index contributed by atoms with van der Waals surface area (Å²) in [4.78, 5) is 11.8. The second kappa shape index (κ2) is 8.72. The van der Waals surface area contributed by atoms with Crippen molar-refractivity contribution in [3.05, 3.63) is 59.2 Å². The lowest BCUT2D eigenvalue weighted by Crippen LogP contribution is -2.24. The largest absolute Gasteiger partial charge is 0.494 e. The van der Waals surface area contributed by atoms with Gasteiger partial charge in [-0.3, -0.25) is 4.79 Å². The Kier molecular flexibility index (Phi) is 6.37. The Morgan fingerprint density at radius 1 is 1.12 bits per heavy atom. The topological polar surface area (TPSA) is 59.9 Å². The maximum absolute atomic E-state index is 11.8. The fourth-order valence-electron chi connectivity index (χ4n) is 2.05. The summed E-state index contributed by atoms with van der Waals surface area (Å²) in [5, 5.41) is 3.92. The summed E-state index contributed by atoms with van der Waals surface area (Å²) in [5.74, 6) is 1.21. The highest BCUT2D eigenvalue weighted by Crippen LogP contribution is 2.20. The summed E-state index contributed by atoms with van der Waals surface area (Å²) in [6, 6.07) is 13.2. The first-order valence-electron chi connectivity index (χ1n) is 7.84. The predicted molar refractivity (Wildman–Crippen MR) is 94.8 cm³/mol. The minimum absolute atomic E-state index is 0.0785. The minimum atomic E-state index is -0.307. The lowest BCUT2D eigenvalue weighted by Gasteiger charge is -2.09. The molecule has 0 aromatic heterocycles. The highest BCUT2D eigenvalue weighted by Gasteiger charge is 2.05. The highest BCUT2D eigenvalue weighted by molar-refractivity contribution is 5.83. The van der Waals surface area contributed by atoms with Crippen LogP contribution in [-0.2, 0) is 4.79 Å². The second-order valence-electron chi connectivity index (χ2n) is 5.28. The van der Waals surface area contributed by atoms with Crippen molar-refractivity contribution in [3.8, 4) is 11.5 Å². The molecule has 126 valence electrons. The van der Waals surface area contributed by atoms with E-state index in [0.29, 0.717) is 12.4 Å². The number of carbonyl (C=O) groups is 1. The van der Waals surface area contributed by atoms with E-state index in [1.807, 2.05) is 63.2 Å². The quantitative estimate of drug-likeness (QED) is 0.628. The molecule has 2 aromatic carbocycles. The van der Waals surface area contributed by atoms with E-state index in [1.54, 1.807) is 6.21 Å². The molecule has 0 aliphatic heterocycles. The molecule has 0 bridgehead atoms.